The van der Waals surface area contributed by atoms with E-state index in [0.717, 1.165) is 0 Å². The average Bonchev–Trinajstić information content (AvgIpc) is 3.44. The number of aromatic nitrogens is 5. The monoisotopic (exact) mass is 495 g/mol. The standard InChI is InChI=1S/C22H22F5N7O/c23-18(24)16-17(33-8-1-7-28-21(33)31-16)20(35)29-11-12-2-4-13(5-3-12)19-30-15-10-14(22(25,26)27)6-9-34(15)32-19/h2-5,14,18H,1,6-11H2,(H,28,31)(H,29,35). The van der Waals surface area contributed by atoms with Crippen LogP contribution in [0.15, 0.2) is 24.3 Å². The Morgan fingerprint density at radius 3 is 2.66 bits per heavy atom. The van der Waals surface area contributed by atoms with Crippen LogP contribution < -0.4 is 10.6 Å². The van der Waals surface area contributed by atoms with Gasteiger partial charge in [-0.2, -0.15) is 18.3 Å². The molecule has 1 aromatic carbocycles. The minimum Gasteiger partial charge on any atom is -0.356 e. The Kier molecular flexibility index (Phi) is 5.93. The Balaban J connectivity index is 1.26. The molecule has 3 aromatic rings. The number of fused-ring (bicyclic) bond motifs is 2. The van der Waals surface area contributed by atoms with Gasteiger partial charge in [0.15, 0.2) is 5.82 Å². The van der Waals surface area contributed by atoms with Crippen molar-refractivity contribution in [3.63, 3.8) is 0 Å². The lowest BCUT2D eigenvalue weighted by Crippen LogP contribution is -2.31. The Labute approximate surface area is 196 Å². The second-order valence-electron chi connectivity index (χ2n) is 8.59. The van der Waals surface area contributed by atoms with Crippen LogP contribution in [0.2, 0.25) is 0 Å². The van der Waals surface area contributed by atoms with Crippen molar-refractivity contribution in [2.75, 3.05) is 11.9 Å². The summed E-state index contributed by atoms with van der Waals surface area (Å²) >= 11 is 0. The third-order valence-corrected chi connectivity index (χ3v) is 6.25. The van der Waals surface area contributed by atoms with E-state index in [0.29, 0.717) is 42.3 Å². The first kappa shape index (κ1) is 23.2. The number of benzene rings is 1. The summed E-state index contributed by atoms with van der Waals surface area (Å²) in [6, 6.07) is 6.85. The van der Waals surface area contributed by atoms with E-state index in [1.807, 2.05) is 0 Å². The lowest BCUT2D eigenvalue weighted by atomic mass is 9.98. The van der Waals surface area contributed by atoms with Crippen LogP contribution in [0.1, 0.15) is 46.8 Å². The number of hydrogen-bond donors (Lipinski definition) is 2. The van der Waals surface area contributed by atoms with Gasteiger partial charge < -0.3 is 15.2 Å². The largest absolute Gasteiger partial charge is 0.392 e. The van der Waals surface area contributed by atoms with Gasteiger partial charge in [-0.15, -0.1) is 0 Å². The fourth-order valence-corrected chi connectivity index (χ4v) is 4.40. The van der Waals surface area contributed by atoms with Gasteiger partial charge in [-0.1, -0.05) is 24.3 Å². The molecule has 0 spiro atoms. The summed E-state index contributed by atoms with van der Waals surface area (Å²) in [5, 5.41) is 9.91. The van der Waals surface area contributed by atoms with E-state index in [1.165, 1.54) is 9.25 Å². The summed E-state index contributed by atoms with van der Waals surface area (Å²) in [5.74, 6) is -1.16. The highest BCUT2D eigenvalue weighted by atomic mass is 19.4. The van der Waals surface area contributed by atoms with Crippen LogP contribution in [0.3, 0.4) is 0 Å². The normalized spacial score (nSPS) is 17.6. The van der Waals surface area contributed by atoms with E-state index in [1.54, 1.807) is 24.3 Å². The first-order valence-electron chi connectivity index (χ1n) is 11.2. The number of nitrogens with zero attached hydrogens (tertiary/aromatic N) is 5. The number of halogens is 5. The van der Waals surface area contributed by atoms with Crippen LogP contribution in [0.25, 0.3) is 11.4 Å². The zero-order valence-electron chi connectivity index (χ0n) is 18.4. The maximum Gasteiger partial charge on any atom is 0.392 e. The van der Waals surface area contributed by atoms with Crippen LogP contribution in [-0.2, 0) is 26.1 Å². The number of rotatable bonds is 5. The molecule has 35 heavy (non-hydrogen) atoms. The topological polar surface area (TPSA) is 89.7 Å². The molecule has 13 heteroatoms. The van der Waals surface area contributed by atoms with Crippen LogP contribution in [0.4, 0.5) is 27.9 Å². The molecule has 0 fully saturated rings. The van der Waals surface area contributed by atoms with Crippen LogP contribution >= 0.6 is 0 Å². The molecule has 0 aliphatic carbocycles. The molecule has 0 saturated heterocycles. The van der Waals surface area contributed by atoms with Gasteiger partial charge in [0.1, 0.15) is 17.2 Å². The quantitative estimate of drug-likeness (QED) is 0.524. The lowest BCUT2D eigenvalue weighted by molar-refractivity contribution is -0.179. The number of alkyl halides is 5. The molecule has 0 saturated carbocycles. The van der Waals surface area contributed by atoms with Gasteiger partial charge in [0.25, 0.3) is 12.3 Å². The van der Waals surface area contributed by atoms with Crippen molar-refractivity contribution in [3.05, 3.63) is 47.0 Å². The maximum atomic E-state index is 13.5. The molecule has 5 rings (SSSR count). The summed E-state index contributed by atoms with van der Waals surface area (Å²) in [5.41, 5.74) is 0.633. The minimum atomic E-state index is -4.26. The van der Waals surface area contributed by atoms with Gasteiger partial charge in [-0.3, -0.25) is 4.79 Å². The number of imidazole rings is 1. The summed E-state index contributed by atoms with van der Waals surface area (Å²) in [4.78, 5) is 20.9. The van der Waals surface area contributed by atoms with Crippen molar-refractivity contribution in [1.82, 2.24) is 29.6 Å². The molecule has 1 unspecified atom stereocenters. The third-order valence-electron chi connectivity index (χ3n) is 6.25. The van der Waals surface area contributed by atoms with Gasteiger partial charge in [0.2, 0.25) is 5.95 Å². The molecule has 2 aliphatic heterocycles. The number of amides is 1. The number of hydrogen-bond acceptors (Lipinski definition) is 5. The highest BCUT2D eigenvalue weighted by Gasteiger charge is 2.42. The van der Waals surface area contributed by atoms with Crippen molar-refractivity contribution in [3.8, 4) is 11.4 Å². The third kappa shape index (κ3) is 4.58. The molecule has 0 bridgehead atoms. The molecular formula is C22H22F5N7O. The van der Waals surface area contributed by atoms with Crippen molar-refractivity contribution in [1.29, 1.82) is 0 Å². The first-order valence-corrected chi connectivity index (χ1v) is 11.2. The molecule has 4 heterocycles. The van der Waals surface area contributed by atoms with Gasteiger partial charge >= 0.3 is 6.18 Å². The Hall–Kier alpha value is -3.51. The van der Waals surface area contributed by atoms with E-state index in [9.17, 15) is 26.7 Å². The van der Waals surface area contributed by atoms with Crippen LogP contribution in [0, 0.1) is 5.92 Å². The number of aryl methyl sites for hydroxylation is 1. The van der Waals surface area contributed by atoms with E-state index in [-0.39, 0.29) is 37.6 Å². The number of anilines is 1. The van der Waals surface area contributed by atoms with Gasteiger partial charge in [-0.05, 0) is 18.4 Å². The zero-order valence-corrected chi connectivity index (χ0v) is 18.4. The molecule has 2 aromatic heterocycles. The van der Waals surface area contributed by atoms with Crippen LogP contribution in [-0.4, -0.2) is 42.9 Å². The Morgan fingerprint density at radius 1 is 1.17 bits per heavy atom. The SMILES string of the molecule is O=C(NCc1ccc(-c2nc3n(n2)CCC(C(F)(F)F)C3)cc1)c1c(C(F)F)nc2n1CCCN2. The van der Waals surface area contributed by atoms with Gasteiger partial charge in [0.05, 0.1) is 5.92 Å². The predicted molar refractivity (Wildman–Crippen MR) is 115 cm³/mol. The molecule has 2 N–H and O–H groups in total. The average molecular weight is 495 g/mol. The van der Waals surface area contributed by atoms with Gasteiger partial charge in [-0.25, -0.2) is 23.4 Å². The first-order chi connectivity index (χ1) is 16.7. The van der Waals surface area contributed by atoms with E-state index in [4.69, 9.17) is 0 Å². The van der Waals surface area contributed by atoms with E-state index >= 15 is 0 Å². The molecule has 2 aliphatic rings. The Morgan fingerprint density at radius 2 is 1.94 bits per heavy atom. The van der Waals surface area contributed by atoms with Gasteiger partial charge in [0, 0.05) is 38.2 Å². The van der Waals surface area contributed by atoms with E-state index in [2.05, 4.69) is 25.7 Å². The fourth-order valence-electron chi connectivity index (χ4n) is 4.40. The second-order valence-corrected chi connectivity index (χ2v) is 8.59. The predicted octanol–water partition coefficient (Wildman–Crippen LogP) is 3.95. The van der Waals surface area contributed by atoms with Crippen molar-refractivity contribution in [2.24, 2.45) is 5.92 Å². The number of carbonyl (C=O) groups excluding carboxylic acids is 1. The van der Waals surface area contributed by atoms with E-state index < -0.39 is 30.1 Å². The molecule has 186 valence electrons. The van der Waals surface area contributed by atoms with Crippen molar-refractivity contribution >= 4 is 11.9 Å². The van der Waals surface area contributed by atoms with Crippen molar-refractivity contribution < 1.29 is 26.7 Å². The second kappa shape index (κ2) is 8.93. The molecular weight excluding hydrogens is 473 g/mol. The van der Waals surface area contributed by atoms with Crippen LogP contribution in [0.5, 0.6) is 0 Å². The fraction of sp³-hybridized carbons (Fsp3) is 0.455. The maximum absolute atomic E-state index is 13.5. The minimum absolute atomic E-state index is 0.0261. The molecule has 8 nitrogen and oxygen atoms in total. The summed E-state index contributed by atoms with van der Waals surface area (Å²) < 4.78 is 69.0. The number of nitrogens with one attached hydrogen (secondary N) is 2. The summed E-state index contributed by atoms with van der Waals surface area (Å²) in [7, 11) is 0. The Bertz CT molecular complexity index is 1230. The summed E-state index contributed by atoms with van der Waals surface area (Å²) in [6.07, 6.45) is -6.67. The smallest absolute Gasteiger partial charge is 0.356 e. The molecule has 0 radical (unpaired) electrons. The number of carbonyl (C=O) groups is 1. The zero-order chi connectivity index (χ0) is 24.7. The highest BCUT2D eigenvalue weighted by Crippen LogP contribution is 2.35. The highest BCUT2D eigenvalue weighted by molar-refractivity contribution is 5.94. The summed E-state index contributed by atoms with van der Waals surface area (Å²) in [6.45, 7) is 1.27. The molecule has 1 amide bonds. The lowest BCUT2D eigenvalue weighted by Gasteiger charge is -2.24. The molecule has 1 atom stereocenters. The van der Waals surface area contributed by atoms with Crippen molar-refractivity contribution in [2.45, 2.75) is 51.5 Å².